The van der Waals surface area contributed by atoms with Crippen LogP contribution in [0.15, 0.2) is 41.3 Å². The monoisotopic (exact) mass is 436 g/mol. The Kier molecular flexibility index (Phi) is 6.37. The number of unbranched alkanes of at least 4 members (excludes halogenated alkanes) is 1. The summed E-state index contributed by atoms with van der Waals surface area (Å²) in [5, 5.41) is 0. The number of ether oxygens (including phenoxy) is 1. The summed E-state index contributed by atoms with van der Waals surface area (Å²) in [7, 11) is 0. The number of hydrogen-bond acceptors (Lipinski definition) is 4. The Morgan fingerprint density at radius 2 is 1.97 bits per heavy atom. The number of rotatable bonds is 8. The summed E-state index contributed by atoms with van der Waals surface area (Å²) in [6, 6.07) is 6.33. The highest BCUT2D eigenvalue weighted by Gasteiger charge is 2.31. The molecule has 1 unspecified atom stereocenters. The Balaban J connectivity index is 2.13. The molecule has 0 saturated carbocycles. The van der Waals surface area contributed by atoms with E-state index < -0.39 is 24.0 Å². The lowest BCUT2D eigenvalue weighted by molar-refractivity contribution is -0.274. The Bertz CT molecular complexity index is 1150. The number of pyridine rings is 1. The molecule has 0 aliphatic carbocycles. The van der Waals surface area contributed by atoms with Gasteiger partial charge in [0, 0.05) is 18.3 Å². The summed E-state index contributed by atoms with van der Waals surface area (Å²) < 4.78 is 44.4. The minimum atomic E-state index is -4.80. The van der Waals surface area contributed by atoms with E-state index in [0.717, 1.165) is 6.42 Å². The van der Waals surface area contributed by atoms with Gasteiger partial charge in [0.15, 0.2) is 5.65 Å². The van der Waals surface area contributed by atoms with Gasteiger partial charge in [-0.25, -0.2) is 9.78 Å². The number of hydrogen-bond donors (Lipinski definition) is 1. The van der Waals surface area contributed by atoms with Gasteiger partial charge in [0.05, 0.1) is 5.52 Å². The molecule has 0 bridgehead atoms. The number of fused-ring (bicyclic) bond motifs is 1. The maximum Gasteiger partial charge on any atom is 0.573 e. The van der Waals surface area contributed by atoms with Crippen LogP contribution in [0.1, 0.15) is 39.2 Å². The van der Waals surface area contributed by atoms with E-state index in [0.29, 0.717) is 41.7 Å². The van der Waals surface area contributed by atoms with Crippen LogP contribution in [0.2, 0.25) is 0 Å². The van der Waals surface area contributed by atoms with Crippen LogP contribution in [0.3, 0.4) is 0 Å². The summed E-state index contributed by atoms with van der Waals surface area (Å²) in [4.78, 5) is 29.5. The zero-order chi connectivity index (χ0) is 22.8. The second kappa shape index (κ2) is 8.83. The summed E-state index contributed by atoms with van der Waals surface area (Å²) in [6.07, 6.45) is -1.40. The lowest BCUT2D eigenvalue weighted by Crippen LogP contribution is -2.34. The van der Waals surface area contributed by atoms with Gasteiger partial charge in [0.2, 0.25) is 5.91 Å². The summed E-state index contributed by atoms with van der Waals surface area (Å²) in [6.45, 7) is 4.07. The number of aromatic nitrogens is 3. The standard InChI is InChI=1S/C21H23F3N4O3/c1-3-5-9-16(18(25)29)28-19-17(27(4-2)20(28)30)11-14(12-26-19)13-7-6-8-15(10-13)31-21(22,23)24/h6-8,10-12,16H,3-5,9H2,1-2H3,(H2,25,29). The van der Waals surface area contributed by atoms with Gasteiger partial charge >= 0.3 is 12.1 Å². The Labute approximate surface area is 176 Å². The fourth-order valence-electron chi connectivity index (χ4n) is 3.57. The normalized spacial score (nSPS) is 12.8. The number of amides is 1. The lowest BCUT2D eigenvalue weighted by Gasteiger charge is -2.14. The summed E-state index contributed by atoms with van der Waals surface area (Å²) in [5.74, 6) is -0.975. The molecule has 0 saturated heterocycles. The van der Waals surface area contributed by atoms with E-state index in [2.05, 4.69) is 9.72 Å². The molecule has 10 heteroatoms. The topological polar surface area (TPSA) is 92.1 Å². The van der Waals surface area contributed by atoms with Crippen LogP contribution in [-0.2, 0) is 11.3 Å². The van der Waals surface area contributed by atoms with Crippen LogP contribution in [-0.4, -0.2) is 26.4 Å². The van der Waals surface area contributed by atoms with Gasteiger partial charge in [-0.2, -0.15) is 0 Å². The van der Waals surface area contributed by atoms with Crippen LogP contribution in [0.25, 0.3) is 22.3 Å². The summed E-state index contributed by atoms with van der Waals surface area (Å²) in [5.41, 5.74) is 6.88. The molecular weight excluding hydrogens is 413 g/mol. The first kappa shape index (κ1) is 22.4. The molecule has 2 heterocycles. The fraction of sp³-hybridized carbons (Fsp3) is 0.381. The first-order valence-corrected chi connectivity index (χ1v) is 9.92. The zero-order valence-electron chi connectivity index (χ0n) is 17.1. The first-order valence-electron chi connectivity index (χ1n) is 9.92. The number of primary amides is 1. The number of halogens is 3. The minimum Gasteiger partial charge on any atom is -0.406 e. The molecule has 1 amide bonds. The number of benzene rings is 1. The van der Waals surface area contributed by atoms with E-state index in [4.69, 9.17) is 5.73 Å². The molecular formula is C21H23F3N4O3. The van der Waals surface area contributed by atoms with Crippen molar-refractivity contribution in [2.75, 3.05) is 0 Å². The van der Waals surface area contributed by atoms with Crippen LogP contribution in [0.5, 0.6) is 5.75 Å². The Morgan fingerprint density at radius 1 is 1.23 bits per heavy atom. The first-order chi connectivity index (χ1) is 14.7. The molecule has 2 N–H and O–H groups in total. The van der Waals surface area contributed by atoms with Gasteiger partial charge in [-0.05, 0) is 37.1 Å². The number of nitrogens with two attached hydrogens (primary N) is 1. The molecule has 31 heavy (non-hydrogen) atoms. The molecule has 3 aromatic rings. The van der Waals surface area contributed by atoms with Gasteiger partial charge in [0.25, 0.3) is 0 Å². The maximum atomic E-state index is 13.0. The maximum absolute atomic E-state index is 13.0. The molecule has 0 aliphatic rings. The lowest BCUT2D eigenvalue weighted by atomic mass is 10.1. The molecule has 0 spiro atoms. The second-order valence-electron chi connectivity index (χ2n) is 7.10. The Morgan fingerprint density at radius 3 is 2.58 bits per heavy atom. The third-order valence-electron chi connectivity index (χ3n) is 4.99. The number of carbonyl (C=O) groups excluding carboxylic acids is 1. The van der Waals surface area contributed by atoms with Crippen molar-refractivity contribution in [3.8, 4) is 16.9 Å². The van der Waals surface area contributed by atoms with Gasteiger partial charge < -0.3 is 10.5 Å². The molecule has 3 rings (SSSR count). The molecule has 1 atom stereocenters. The van der Waals surface area contributed by atoms with E-state index in [9.17, 15) is 22.8 Å². The highest BCUT2D eigenvalue weighted by atomic mass is 19.4. The largest absolute Gasteiger partial charge is 0.573 e. The average molecular weight is 436 g/mol. The number of carbonyl (C=O) groups is 1. The van der Waals surface area contributed by atoms with Crippen molar-refractivity contribution < 1.29 is 22.7 Å². The van der Waals surface area contributed by atoms with E-state index >= 15 is 0 Å². The molecule has 2 aromatic heterocycles. The molecule has 0 fully saturated rings. The zero-order valence-corrected chi connectivity index (χ0v) is 17.1. The molecule has 0 radical (unpaired) electrons. The van der Waals surface area contributed by atoms with Crippen molar-refractivity contribution in [3.63, 3.8) is 0 Å². The van der Waals surface area contributed by atoms with Gasteiger partial charge in [-0.15, -0.1) is 13.2 Å². The van der Waals surface area contributed by atoms with Crippen LogP contribution >= 0.6 is 0 Å². The van der Waals surface area contributed by atoms with E-state index in [1.54, 1.807) is 19.1 Å². The molecule has 7 nitrogen and oxygen atoms in total. The smallest absolute Gasteiger partial charge is 0.406 e. The quantitative estimate of drug-likeness (QED) is 0.578. The highest BCUT2D eigenvalue weighted by Crippen LogP contribution is 2.29. The predicted octanol–water partition coefficient (Wildman–Crippen LogP) is 4.00. The van der Waals surface area contributed by atoms with Gasteiger partial charge in [0.1, 0.15) is 11.8 Å². The Hall–Kier alpha value is -3.30. The van der Waals surface area contributed by atoms with Crippen molar-refractivity contribution in [2.24, 2.45) is 5.73 Å². The van der Waals surface area contributed by atoms with Crippen molar-refractivity contribution >= 4 is 17.1 Å². The molecule has 0 aliphatic heterocycles. The number of nitrogens with zero attached hydrogens (tertiary/aromatic N) is 3. The SMILES string of the molecule is CCCCC(C(N)=O)n1c(=O)n(CC)c2cc(-c3cccc(OC(F)(F)F)c3)cnc21. The van der Waals surface area contributed by atoms with Crippen molar-refractivity contribution in [1.82, 2.24) is 14.1 Å². The molecule has 1 aromatic carbocycles. The number of alkyl halides is 3. The third-order valence-corrected chi connectivity index (χ3v) is 4.99. The van der Waals surface area contributed by atoms with Gasteiger partial charge in [-0.3, -0.25) is 13.9 Å². The fourth-order valence-corrected chi connectivity index (χ4v) is 3.57. The van der Waals surface area contributed by atoms with E-state index in [-0.39, 0.29) is 5.75 Å². The van der Waals surface area contributed by atoms with Crippen molar-refractivity contribution in [2.45, 2.75) is 52.1 Å². The summed E-state index contributed by atoms with van der Waals surface area (Å²) >= 11 is 0. The number of aryl methyl sites for hydroxylation is 1. The third kappa shape index (κ3) is 4.73. The average Bonchev–Trinajstić information content (AvgIpc) is 2.97. The van der Waals surface area contributed by atoms with Crippen molar-refractivity contribution in [3.05, 3.63) is 47.0 Å². The second-order valence-corrected chi connectivity index (χ2v) is 7.10. The number of imidazole rings is 1. The minimum absolute atomic E-state index is 0.304. The van der Waals surface area contributed by atoms with E-state index in [1.807, 2.05) is 6.92 Å². The van der Waals surface area contributed by atoms with Gasteiger partial charge in [-0.1, -0.05) is 31.9 Å². The van der Waals surface area contributed by atoms with Crippen molar-refractivity contribution in [1.29, 1.82) is 0 Å². The van der Waals surface area contributed by atoms with E-state index in [1.165, 1.54) is 33.5 Å². The predicted molar refractivity (Wildman–Crippen MR) is 110 cm³/mol. The highest BCUT2D eigenvalue weighted by molar-refractivity contribution is 5.83. The van der Waals surface area contributed by atoms with Crippen LogP contribution in [0, 0.1) is 0 Å². The van der Waals surface area contributed by atoms with Crippen LogP contribution < -0.4 is 16.2 Å². The van der Waals surface area contributed by atoms with Crippen LogP contribution in [0.4, 0.5) is 13.2 Å². The molecule has 166 valence electrons.